The second-order valence-corrected chi connectivity index (χ2v) is 10.4. The van der Waals surface area contributed by atoms with Gasteiger partial charge in [-0.15, -0.1) is 5.10 Å². The van der Waals surface area contributed by atoms with E-state index in [0.29, 0.717) is 37.1 Å². The molecule has 32 heavy (non-hydrogen) atoms. The first-order valence-corrected chi connectivity index (χ1v) is 11.7. The Morgan fingerprint density at radius 2 is 1.62 bits per heavy atom. The summed E-state index contributed by atoms with van der Waals surface area (Å²) in [5.74, 6) is 1.42. The number of tetrazole rings is 1. The van der Waals surface area contributed by atoms with Crippen molar-refractivity contribution in [1.29, 1.82) is 0 Å². The molecule has 4 bridgehead atoms. The van der Waals surface area contributed by atoms with Crippen molar-refractivity contribution in [2.24, 2.45) is 23.2 Å². The van der Waals surface area contributed by atoms with Crippen LogP contribution in [0.3, 0.4) is 0 Å². The first-order valence-electron chi connectivity index (χ1n) is 11.7. The number of rotatable bonds is 4. The third kappa shape index (κ3) is 3.41. The maximum atomic E-state index is 13.6. The van der Waals surface area contributed by atoms with Gasteiger partial charge in [0.05, 0.1) is 17.6 Å². The maximum Gasteiger partial charge on any atom is 0.228 e. The van der Waals surface area contributed by atoms with Gasteiger partial charge in [0.15, 0.2) is 17.5 Å². The van der Waals surface area contributed by atoms with Crippen LogP contribution in [-0.4, -0.2) is 62.1 Å². The number of hydrogen-bond donors (Lipinski definition) is 0. The van der Waals surface area contributed by atoms with E-state index in [1.807, 2.05) is 0 Å². The van der Waals surface area contributed by atoms with Gasteiger partial charge in [-0.1, -0.05) is 0 Å². The monoisotopic (exact) mass is 442 g/mol. The Kier molecular flexibility index (Phi) is 4.78. The molecule has 2 heterocycles. The number of carbonyl (C=O) groups is 1. The Bertz CT molecular complexity index is 996. The summed E-state index contributed by atoms with van der Waals surface area (Å²) in [6, 6.07) is 3.63. The molecule has 1 aromatic heterocycles. The molecule has 7 nitrogen and oxygen atoms in total. The molecule has 0 spiro atoms. The number of benzene rings is 1. The number of nitrogens with zero attached hydrogens (tertiary/aromatic N) is 6. The van der Waals surface area contributed by atoms with E-state index in [-0.39, 0.29) is 5.41 Å². The van der Waals surface area contributed by atoms with E-state index >= 15 is 0 Å². The van der Waals surface area contributed by atoms with Crippen LogP contribution in [0.1, 0.15) is 44.3 Å². The van der Waals surface area contributed by atoms with Crippen molar-refractivity contribution in [1.82, 2.24) is 30.0 Å². The lowest BCUT2D eigenvalue weighted by Crippen LogP contribution is -2.58. The topological polar surface area (TPSA) is 67.2 Å². The van der Waals surface area contributed by atoms with Crippen molar-refractivity contribution >= 4 is 5.91 Å². The van der Waals surface area contributed by atoms with Crippen molar-refractivity contribution in [2.75, 3.05) is 26.2 Å². The molecular weight excluding hydrogens is 414 g/mol. The maximum absolute atomic E-state index is 13.6. The summed E-state index contributed by atoms with van der Waals surface area (Å²) in [4.78, 5) is 17.9. The summed E-state index contributed by atoms with van der Waals surface area (Å²) in [5.41, 5.74) is 0.299. The van der Waals surface area contributed by atoms with Gasteiger partial charge in [0.2, 0.25) is 5.91 Å². The standard InChI is InChI=1S/C23H28F2N6O/c24-19-2-1-18(10-20(19)25)31-21(26-27-28-31)14-29-3-5-30(6-4-29)22(32)23-11-15-7-16(12-23)9-17(8-15)13-23/h1-2,10,15-17H,3-9,11-14H2. The van der Waals surface area contributed by atoms with Crippen molar-refractivity contribution in [3.05, 3.63) is 35.7 Å². The van der Waals surface area contributed by atoms with Crippen LogP contribution in [0.15, 0.2) is 18.2 Å². The first-order chi connectivity index (χ1) is 15.5. The molecule has 0 N–H and O–H groups in total. The van der Waals surface area contributed by atoms with Crippen LogP contribution in [0.5, 0.6) is 0 Å². The molecule has 1 aliphatic heterocycles. The SMILES string of the molecule is O=C(N1CCN(Cc2nnnn2-c2ccc(F)c(F)c2)CC1)C12CC3CC(CC(C3)C1)C2. The molecular formula is C23H28F2N6O. The lowest BCUT2D eigenvalue weighted by Gasteiger charge is -2.57. The number of amides is 1. The molecule has 0 unspecified atom stereocenters. The average molecular weight is 443 g/mol. The Morgan fingerprint density at radius 1 is 0.969 bits per heavy atom. The van der Waals surface area contributed by atoms with Gasteiger partial charge >= 0.3 is 0 Å². The highest BCUT2D eigenvalue weighted by molar-refractivity contribution is 5.83. The second-order valence-electron chi connectivity index (χ2n) is 10.4. The fourth-order valence-corrected chi connectivity index (χ4v) is 7.14. The van der Waals surface area contributed by atoms with E-state index in [4.69, 9.17) is 0 Å². The minimum Gasteiger partial charge on any atom is -0.340 e. The average Bonchev–Trinajstić information content (AvgIpc) is 3.23. The van der Waals surface area contributed by atoms with Crippen LogP contribution >= 0.6 is 0 Å². The summed E-state index contributed by atoms with van der Waals surface area (Å²) in [6.07, 6.45) is 7.32. The van der Waals surface area contributed by atoms with Crippen LogP contribution in [0.4, 0.5) is 8.78 Å². The Hall–Kier alpha value is -2.42. The summed E-state index contributed by atoms with van der Waals surface area (Å²) in [5, 5.41) is 11.8. The highest BCUT2D eigenvalue weighted by Gasteiger charge is 2.55. The molecule has 0 radical (unpaired) electrons. The minimum absolute atomic E-state index is 0.0896. The molecule has 7 rings (SSSR count). The number of piperazine rings is 1. The Labute approximate surface area is 185 Å². The van der Waals surface area contributed by atoms with Crippen LogP contribution in [0.25, 0.3) is 5.69 Å². The van der Waals surface area contributed by atoms with Crippen molar-refractivity contribution < 1.29 is 13.6 Å². The van der Waals surface area contributed by atoms with Crippen molar-refractivity contribution in [3.8, 4) is 5.69 Å². The largest absolute Gasteiger partial charge is 0.340 e. The lowest BCUT2D eigenvalue weighted by molar-refractivity contribution is -0.159. The lowest BCUT2D eigenvalue weighted by atomic mass is 9.49. The molecule has 1 saturated heterocycles. The zero-order chi connectivity index (χ0) is 21.9. The summed E-state index contributed by atoms with van der Waals surface area (Å²) in [7, 11) is 0. The number of carbonyl (C=O) groups excluding carboxylic acids is 1. The Balaban J connectivity index is 1.10. The summed E-state index contributed by atoms with van der Waals surface area (Å²) < 4.78 is 28.4. The van der Waals surface area contributed by atoms with Gasteiger partial charge in [-0.05, 0) is 78.8 Å². The van der Waals surface area contributed by atoms with Gasteiger partial charge in [-0.25, -0.2) is 8.78 Å². The van der Waals surface area contributed by atoms with Crippen molar-refractivity contribution in [2.45, 2.75) is 45.1 Å². The number of aromatic nitrogens is 4. The fraction of sp³-hybridized carbons (Fsp3) is 0.652. The van der Waals surface area contributed by atoms with Crippen LogP contribution in [0, 0.1) is 34.8 Å². The van der Waals surface area contributed by atoms with Gasteiger partial charge in [0.25, 0.3) is 0 Å². The van der Waals surface area contributed by atoms with Crippen LogP contribution in [0.2, 0.25) is 0 Å². The van der Waals surface area contributed by atoms with Gasteiger partial charge < -0.3 is 4.90 Å². The minimum atomic E-state index is -0.930. The third-order valence-electron chi connectivity index (χ3n) is 8.20. The molecule has 4 aliphatic carbocycles. The van der Waals surface area contributed by atoms with E-state index in [9.17, 15) is 13.6 Å². The number of hydrogen-bond acceptors (Lipinski definition) is 5. The first kappa shape index (κ1) is 20.2. The second kappa shape index (κ2) is 7.57. The van der Waals surface area contributed by atoms with E-state index in [0.717, 1.165) is 62.2 Å². The normalized spacial score (nSPS) is 31.9. The van der Waals surface area contributed by atoms with Gasteiger partial charge in [0, 0.05) is 32.2 Å². The van der Waals surface area contributed by atoms with E-state index in [1.165, 1.54) is 30.0 Å². The van der Waals surface area contributed by atoms with Crippen LogP contribution < -0.4 is 0 Å². The van der Waals surface area contributed by atoms with Gasteiger partial charge in [0.1, 0.15) is 0 Å². The third-order valence-corrected chi connectivity index (χ3v) is 8.20. The summed E-state index contributed by atoms with van der Waals surface area (Å²) in [6.45, 7) is 3.43. The molecule has 1 aromatic carbocycles. The van der Waals surface area contributed by atoms with Crippen LogP contribution in [-0.2, 0) is 11.3 Å². The van der Waals surface area contributed by atoms with E-state index in [1.54, 1.807) is 0 Å². The predicted octanol–water partition coefficient (Wildman–Crippen LogP) is 2.80. The molecule has 4 saturated carbocycles. The van der Waals surface area contributed by atoms with Gasteiger partial charge in [-0.3, -0.25) is 9.69 Å². The molecule has 5 aliphatic rings. The fourth-order valence-electron chi connectivity index (χ4n) is 7.14. The molecule has 1 amide bonds. The molecule has 170 valence electrons. The highest BCUT2D eigenvalue weighted by Crippen LogP contribution is 2.60. The summed E-state index contributed by atoms with van der Waals surface area (Å²) >= 11 is 0. The molecule has 9 heteroatoms. The Morgan fingerprint density at radius 3 is 2.25 bits per heavy atom. The zero-order valence-corrected chi connectivity index (χ0v) is 18.1. The smallest absolute Gasteiger partial charge is 0.228 e. The predicted molar refractivity (Wildman–Crippen MR) is 112 cm³/mol. The van der Waals surface area contributed by atoms with E-state index < -0.39 is 11.6 Å². The number of halogens is 2. The zero-order valence-electron chi connectivity index (χ0n) is 18.1. The molecule has 5 fully saturated rings. The van der Waals surface area contributed by atoms with Crippen molar-refractivity contribution in [3.63, 3.8) is 0 Å². The molecule has 0 atom stereocenters. The quantitative estimate of drug-likeness (QED) is 0.729. The van der Waals surface area contributed by atoms with E-state index in [2.05, 4.69) is 25.3 Å². The van der Waals surface area contributed by atoms with Gasteiger partial charge in [-0.2, -0.15) is 4.68 Å². The molecule has 2 aromatic rings. The highest BCUT2D eigenvalue weighted by atomic mass is 19.2.